The van der Waals surface area contributed by atoms with Crippen molar-refractivity contribution in [1.82, 2.24) is 9.55 Å². The summed E-state index contributed by atoms with van der Waals surface area (Å²) in [5.41, 5.74) is 3.58. The first-order valence-corrected chi connectivity index (χ1v) is 12.6. The Morgan fingerprint density at radius 2 is 1.89 bits per heavy atom. The summed E-state index contributed by atoms with van der Waals surface area (Å²) in [6, 6.07) is 14.4. The summed E-state index contributed by atoms with van der Waals surface area (Å²) in [6.45, 7) is 2.17. The van der Waals surface area contributed by atoms with Gasteiger partial charge >= 0.3 is 0 Å². The number of para-hydroxylation sites is 1. The summed E-state index contributed by atoms with van der Waals surface area (Å²) in [4.78, 5) is 45.3. The Labute approximate surface area is 206 Å². The van der Waals surface area contributed by atoms with Crippen LogP contribution in [0, 0.1) is 6.92 Å². The molecule has 1 aliphatic carbocycles. The van der Waals surface area contributed by atoms with Crippen LogP contribution in [0.3, 0.4) is 0 Å². The lowest BCUT2D eigenvalue weighted by Crippen LogP contribution is -2.24. The topological polar surface area (TPSA) is 93.1 Å². The van der Waals surface area contributed by atoms with Crippen molar-refractivity contribution in [2.24, 2.45) is 0 Å². The molecule has 2 aromatic carbocycles. The van der Waals surface area contributed by atoms with E-state index in [0.717, 1.165) is 41.6 Å². The van der Waals surface area contributed by atoms with Gasteiger partial charge in [0.25, 0.3) is 11.5 Å². The van der Waals surface area contributed by atoms with Crippen LogP contribution >= 0.6 is 11.3 Å². The van der Waals surface area contributed by atoms with Crippen molar-refractivity contribution >= 4 is 44.7 Å². The molecule has 0 saturated carbocycles. The van der Waals surface area contributed by atoms with Crippen molar-refractivity contribution in [3.05, 3.63) is 86.8 Å². The van der Waals surface area contributed by atoms with Crippen molar-refractivity contribution in [3.63, 3.8) is 0 Å². The number of amides is 2. The van der Waals surface area contributed by atoms with Crippen LogP contribution in [0.5, 0.6) is 0 Å². The predicted molar refractivity (Wildman–Crippen MR) is 139 cm³/mol. The monoisotopic (exact) mass is 486 g/mol. The highest BCUT2D eigenvalue weighted by atomic mass is 32.1. The third kappa shape index (κ3) is 4.88. The molecule has 2 N–H and O–H groups in total. The van der Waals surface area contributed by atoms with E-state index in [1.807, 2.05) is 31.2 Å². The van der Waals surface area contributed by atoms with Crippen LogP contribution in [0.1, 0.15) is 45.6 Å². The highest BCUT2D eigenvalue weighted by Gasteiger charge is 2.20. The number of carbonyl (C=O) groups excluding carboxylic acids is 2. The number of benzene rings is 2. The van der Waals surface area contributed by atoms with Gasteiger partial charge in [-0.15, -0.1) is 11.3 Å². The molecular formula is C27H26N4O3S. The van der Waals surface area contributed by atoms with E-state index < -0.39 is 0 Å². The highest BCUT2D eigenvalue weighted by Crippen LogP contribution is 2.33. The van der Waals surface area contributed by atoms with E-state index >= 15 is 0 Å². The normalized spacial score (nSPS) is 12.8. The van der Waals surface area contributed by atoms with E-state index in [9.17, 15) is 14.4 Å². The minimum absolute atomic E-state index is 0.0832. The van der Waals surface area contributed by atoms with Crippen molar-refractivity contribution in [2.45, 2.75) is 45.6 Å². The minimum atomic E-state index is -0.306. The number of anilines is 2. The zero-order chi connectivity index (χ0) is 24.4. The average Bonchev–Trinajstić information content (AvgIpc) is 3.23. The summed E-state index contributed by atoms with van der Waals surface area (Å²) in [5.74, 6) is -0.584. The standard InChI is InChI=1S/C27H26N4O3S/c1-17-7-6-8-18(15-17)29-25(33)19-9-2-4-11-21(19)30-23(32)13-14-31-16-28-26-24(27(31)34)20-10-3-5-12-22(20)35-26/h2,4,6-9,11,15-16H,3,5,10,12-14H2,1H3,(H,29,33)(H,30,32). The molecule has 0 radical (unpaired) electrons. The average molecular weight is 487 g/mol. The van der Waals surface area contributed by atoms with Gasteiger partial charge in [-0.05, 0) is 68.0 Å². The van der Waals surface area contributed by atoms with Crippen LogP contribution in [0.25, 0.3) is 10.2 Å². The van der Waals surface area contributed by atoms with E-state index in [-0.39, 0.29) is 30.3 Å². The van der Waals surface area contributed by atoms with Gasteiger partial charge in [0.1, 0.15) is 4.83 Å². The summed E-state index contributed by atoms with van der Waals surface area (Å²) < 4.78 is 1.51. The van der Waals surface area contributed by atoms with Gasteiger partial charge in [-0.1, -0.05) is 24.3 Å². The van der Waals surface area contributed by atoms with Crippen LogP contribution in [-0.4, -0.2) is 21.4 Å². The molecule has 0 spiro atoms. The summed E-state index contributed by atoms with van der Waals surface area (Å²) in [7, 11) is 0. The molecule has 0 saturated heterocycles. The van der Waals surface area contributed by atoms with Crippen molar-refractivity contribution in [1.29, 1.82) is 0 Å². The summed E-state index contributed by atoms with van der Waals surface area (Å²) in [6.07, 6.45) is 5.79. The van der Waals surface area contributed by atoms with E-state index in [4.69, 9.17) is 0 Å². The van der Waals surface area contributed by atoms with Gasteiger partial charge in [-0.3, -0.25) is 19.0 Å². The Kier molecular flexibility index (Phi) is 6.46. The Morgan fingerprint density at radius 1 is 1.06 bits per heavy atom. The van der Waals surface area contributed by atoms with Gasteiger partial charge in [-0.2, -0.15) is 0 Å². The van der Waals surface area contributed by atoms with Gasteiger partial charge in [0.2, 0.25) is 5.91 Å². The Balaban J connectivity index is 1.28. The first-order valence-electron chi connectivity index (χ1n) is 11.8. The molecule has 0 atom stereocenters. The number of nitrogens with one attached hydrogen (secondary N) is 2. The maximum Gasteiger partial charge on any atom is 0.262 e. The molecule has 0 bridgehead atoms. The molecule has 2 amide bonds. The van der Waals surface area contributed by atoms with E-state index in [1.165, 1.54) is 15.8 Å². The maximum absolute atomic E-state index is 13.1. The number of aromatic nitrogens is 2. The first-order chi connectivity index (χ1) is 17.0. The van der Waals surface area contributed by atoms with Crippen molar-refractivity contribution in [3.8, 4) is 0 Å². The van der Waals surface area contributed by atoms with Gasteiger partial charge in [0, 0.05) is 23.5 Å². The van der Waals surface area contributed by atoms with Crippen LogP contribution in [0.2, 0.25) is 0 Å². The number of carbonyl (C=O) groups is 2. The quantitative estimate of drug-likeness (QED) is 0.404. The van der Waals surface area contributed by atoms with Crippen molar-refractivity contribution < 1.29 is 9.59 Å². The van der Waals surface area contributed by atoms with E-state index in [0.29, 0.717) is 22.3 Å². The van der Waals surface area contributed by atoms with Gasteiger partial charge < -0.3 is 10.6 Å². The number of hydrogen-bond donors (Lipinski definition) is 2. The number of aryl methyl sites for hydroxylation is 4. The second-order valence-electron chi connectivity index (χ2n) is 8.80. The number of fused-ring (bicyclic) bond motifs is 3. The molecule has 35 heavy (non-hydrogen) atoms. The molecule has 178 valence electrons. The molecule has 7 nitrogen and oxygen atoms in total. The SMILES string of the molecule is Cc1cccc(NC(=O)c2ccccc2NC(=O)CCn2cnc3sc4c(c3c2=O)CCCC4)c1. The summed E-state index contributed by atoms with van der Waals surface area (Å²) >= 11 is 1.61. The van der Waals surface area contributed by atoms with Crippen LogP contribution in [0.4, 0.5) is 11.4 Å². The Bertz CT molecular complexity index is 1490. The molecule has 0 fully saturated rings. The largest absolute Gasteiger partial charge is 0.325 e. The molecule has 2 heterocycles. The molecule has 1 aliphatic rings. The van der Waals surface area contributed by atoms with Gasteiger partial charge in [0.05, 0.1) is 23.0 Å². The minimum Gasteiger partial charge on any atom is -0.325 e. The van der Waals surface area contributed by atoms with E-state index in [1.54, 1.807) is 35.6 Å². The summed E-state index contributed by atoms with van der Waals surface area (Å²) in [5, 5.41) is 6.41. The van der Waals surface area contributed by atoms with Crippen LogP contribution in [0.15, 0.2) is 59.7 Å². The van der Waals surface area contributed by atoms with Gasteiger partial charge in [0.15, 0.2) is 0 Å². The molecular weight excluding hydrogens is 460 g/mol. The fourth-order valence-corrected chi connectivity index (χ4v) is 5.71. The number of hydrogen-bond acceptors (Lipinski definition) is 5. The molecule has 2 aromatic heterocycles. The van der Waals surface area contributed by atoms with Crippen molar-refractivity contribution in [2.75, 3.05) is 10.6 Å². The highest BCUT2D eigenvalue weighted by molar-refractivity contribution is 7.18. The number of thiophene rings is 1. The Hall–Kier alpha value is -3.78. The predicted octanol–water partition coefficient (Wildman–Crippen LogP) is 4.93. The third-order valence-corrected chi connectivity index (χ3v) is 7.44. The zero-order valence-corrected chi connectivity index (χ0v) is 20.3. The van der Waals surface area contributed by atoms with Crippen LogP contribution in [-0.2, 0) is 24.2 Å². The first kappa shape index (κ1) is 23.0. The van der Waals surface area contributed by atoms with E-state index in [2.05, 4.69) is 15.6 Å². The molecule has 0 aliphatic heterocycles. The smallest absolute Gasteiger partial charge is 0.262 e. The second-order valence-corrected chi connectivity index (χ2v) is 9.89. The Morgan fingerprint density at radius 3 is 2.74 bits per heavy atom. The molecule has 8 heteroatoms. The van der Waals surface area contributed by atoms with Crippen LogP contribution < -0.4 is 16.2 Å². The zero-order valence-electron chi connectivity index (χ0n) is 19.5. The number of nitrogens with zero attached hydrogens (tertiary/aromatic N) is 2. The molecule has 5 rings (SSSR count). The number of rotatable bonds is 6. The fourth-order valence-electron chi connectivity index (χ4n) is 4.49. The molecule has 0 unspecified atom stereocenters. The fraction of sp³-hybridized carbons (Fsp3) is 0.259. The molecule has 4 aromatic rings. The third-order valence-electron chi connectivity index (χ3n) is 6.24. The van der Waals surface area contributed by atoms with Gasteiger partial charge in [-0.25, -0.2) is 4.98 Å². The lowest BCUT2D eigenvalue weighted by atomic mass is 9.97. The lowest BCUT2D eigenvalue weighted by molar-refractivity contribution is -0.116. The second kappa shape index (κ2) is 9.84. The maximum atomic E-state index is 13.1. The lowest BCUT2D eigenvalue weighted by Gasteiger charge is -2.12.